The van der Waals surface area contributed by atoms with Crippen LogP contribution in [0.1, 0.15) is 18.3 Å². The second-order valence-electron chi connectivity index (χ2n) is 3.43. The molecule has 5 heteroatoms. The van der Waals surface area contributed by atoms with Crippen LogP contribution in [0.25, 0.3) is 5.69 Å². The number of halogens is 1. The fourth-order valence-electron chi connectivity index (χ4n) is 1.66. The molecular weight excluding hydrogens is 224 g/mol. The average molecular weight is 237 g/mol. The zero-order valence-electron chi connectivity index (χ0n) is 9.02. The number of nitrogens with zero attached hydrogens (tertiary/aromatic N) is 3. The maximum Gasteiger partial charge on any atom is 0.0999 e. The van der Waals surface area contributed by atoms with E-state index in [0.717, 1.165) is 23.5 Å². The predicted octanol–water partition coefficient (Wildman–Crippen LogP) is 1.94. The zero-order chi connectivity index (χ0) is 11.5. The minimum Gasteiger partial charge on any atom is -0.325 e. The predicted molar refractivity (Wildman–Crippen MR) is 63.6 cm³/mol. The first-order chi connectivity index (χ1) is 7.76. The molecule has 4 nitrogen and oxygen atoms in total. The third-order valence-corrected chi connectivity index (χ3v) is 2.66. The van der Waals surface area contributed by atoms with Crippen LogP contribution in [0.5, 0.6) is 0 Å². The van der Waals surface area contributed by atoms with E-state index < -0.39 is 0 Å². The molecule has 0 fully saturated rings. The second-order valence-corrected chi connectivity index (χ2v) is 3.87. The van der Waals surface area contributed by atoms with Gasteiger partial charge in [-0.3, -0.25) is 0 Å². The Morgan fingerprint density at radius 2 is 2.25 bits per heavy atom. The molecule has 84 valence electrons. The van der Waals surface area contributed by atoms with E-state index in [1.807, 2.05) is 24.3 Å². The number of aromatic nitrogens is 3. The summed E-state index contributed by atoms with van der Waals surface area (Å²) in [4.78, 5) is 0. The highest BCUT2D eigenvalue weighted by Gasteiger charge is 2.10. The molecule has 2 aromatic rings. The summed E-state index contributed by atoms with van der Waals surface area (Å²) in [6, 6.07) is 7.52. The Hall–Kier alpha value is -1.39. The fraction of sp³-hybridized carbons (Fsp3) is 0.273. The molecule has 1 aromatic heterocycles. The second kappa shape index (κ2) is 4.63. The molecule has 0 aliphatic heterocycles. The Kier molecular flexibility index (Phi) is 3.22. The lowest BCUT2D eigenvalue weighted by atomic mass is 10.2. The van der Waals surface area contributed by atoms with Gasteiger partial charge in [-0.25, -0.2) is 4.68 Å². The molecule has 0 aliphatic carbocycles. The largest absolute Gasteiger partial charge is 0.325 e. The van der Waals surface area contributed by atoms with Crippen LogP contribution >= 0.6 is 11.6 Å². The van der Waals surface area contributed by atoms with Gasteiger partial charge in [-0.15, -0.1) is 5.10 Å². The Morgan fingerprint density at radius 1 is 1.44 bits per heavy atom. The minimum absolute atomic E-state index is 0.406. The molecular formula is C11H13ClN4. The van der Waals surface area contributed by atoms with Crippen LogP contribution in [0.15, 0.2) is 24.3 Å². The van der Waals surface area contributed by atoms with Gasteiger partial charge < -0.3 is 5.73 Å². The van der Waals surface area contributed by atoms with Gasteiger partial charge in [-0.2, -0.15) is 0 Å². The van der Waals surface area contributed by atoms with E-state index in [9.17, 15) is 0 Å². The van der Waals surface area contributed by atoms with E-state index in [0.29, 0.717) is 11.6 Å². The van der Waals surface area contributed by atoms with Crippen LogP contribution in [0.2, 0.25) is 5.02 Å². The molecule has 0 saturated heterocycles. The van der Waals surface area contributed by atoms with Crippen molar-refractivity contribution in [1.82, 2.24) is 15.0 Å². The third kappa shape index (κ3) is 1.94. The smallest absolute Gasteiger partial charge is 0.0999 e. The lowest BCUT2D eigenvalue weighted by Crippen LogP contribution is -2.05. The molecule has 1 aromatic carbocycles. The molecule has 0 aliphatic rings. The van der Waals surface area contributed by atoms with Crippen molar-refractivity contribution >= 4 is 11.6 Å². The van der Waals surface area contributed by atoms with Gasteiger partial charge in [-0.05, 0) is 24.6 Å². The normalized spacial score (nSPS) is 10.7. The quantitative estimate of drug-likeness (QED) is 0.886. The summed E-state index contributed by atoms with van der Waals surface area (Å²) >= 11 is 5.94. The maximum absolute atomic E-state index is 5.94. The highest BCUT2D eigenvalue weighted by molar-refractivity contribution is 6.30. The van der Waals surface area contributed by atoms with Crippen LogP contribution in [0.3, 0.4) is 0 Å². The lowest BCUT2D eigenvalue weighted by molar-refractivity contribution is 0.767. The van der Waals surface area contributed by atoms with Gasteiger partial charge in [0.15, 0.2) is 0 Å². The molecule has 0 amide bonds. The highest BCUT2D eigenvalue weighted by Crippen LogP contribution is 2.17. The third-order valence-electron chi connectivity index (χ3n) is 2.42. The molecule has 0 radical (unpaired) electrons. The Labute approximate surface area is 99.0 Å². The van der Waals surface area contributed by atoms with E-state index in [2.05, 4.69) is 17.2 Å². The van der Waals surface area contributed by atoms with Gasteiger partial charge in [-0.1, -0.05) is 29.8 Å². The number of rotatable bonds is 3. The maximum atomic E-state index is 5.94. The molecule has 0 unspecified atom stereocenters. The summed E-state index contributed by atoms with van der Waals surface area (Å²) in [5.41, 5.74) is 8.39. The van der Waals surface area contributed by atoms with Gasteiger partial charge in [0, 0.05) is 11.6 Å². The van der Waals surface area contributed by atoms with Gasteiger partial charge in [0.25, 0.3) is 0 Å². The monoisotopic (exact) mass is 236 g/mol. The topological polar surface area (TPSA) is 56.7 Å². The zero-order valence-corrected chi connectivity index (χ0v) is 9.78. The summed E-state index contributed by atoms with van der Waals surface area (Å²) in [5.74, 6) is 0. The van der Waals surface area contributed by atoms with E-state index in [-0.39, 0.29) is 0 Å². The van der Waals surface area contributed by atoms with Gasteiger partial charge in [0.1, 0.15) is 0 Å². The summed E-state index contributed by atoms with van der Waals surface area (Å²) in [5, 5.41) is 8.84. The summed E-state index contributed by atoms with van der Waals surface area (Å²) in [6.45, 7) is 2.46. The highest BCUT2D eigenvalue weighted by atomic mass is 35.5. The van der Waals surface area contributed by atoms with E-state index in [1.54, 1.807) is 4.68 Å². The number of hydrogen-bond donors (Lipinski definition) is 1. The van der Waals surface area contributed by atoms with Crippen molar-refractivity contribution in [2.75, 3.05) is 0 Å². The van der Waals surface area contributed by atoms with Gasteiger partial charge in [0.05, 0.1) is 17.1 Å². The van der Waals surface area contributed by atoms with Crippen molar-refractivity contribution in [3.63, 3.8) is 0 Å². The average Bonchev–Trinajstić information content (AvgIpc) is 2.71. The van der Waals surface area contributed by atoms with Crippen LogP contribution in [-0.4, -0.2) is 15.0 Å². The molecule has 2 N–H and O–H groups in total. The van der Waals surface area contributed by atoms with Crippen molar-refractivity contribution in [2.45, 2.75) is 19.9 Å². The fourth-order valence-corrected chi connectivity index (χ4v) is 1.84. The number of hydrogen-bond acceptors (Lipinski definition) is 3. The van der Waals surface area contributed by atoms with Gasteiger partial charge >= 0.3 is 0 Å². The molecule has 0 saturated carbocycles. The molecule has 1 heterocycles. The van der Waals surface area contributed by atoms with Crippen molar-refractivity contribution in [1.29, 1.82) is 0 Å². The van der Waals surface area contributed by atoms with E-state index in [4.69, 9.17) is 17.3 Å². The van der Waals surface area contributed by atoms with Crippen molar-refractivity contribution in [3.8, 4) is 5.69 Å². The number of nitrogens with two attached hydrogens (primary N) is 1. The first kappa shape index (κ1) is 11.1. The summed E-state index contributed by atoms with van der Waals surface area (Å²) in [6.07, 6.45) is 0.839. The van der Waals surface area contributed by atoms with Crippen LogP contribution in [0, 0.1) is 0 Å². The first-order valence-electron chi connectivity index (χ1n) is 5.15. The van der Waals surface area contributed by atoms with Crippen LogP contribution in [-0.2, 0) is 13.0 Å². The minimum atomic E-state index is 0.406. The molecule has 16 heavy (non-hydrogen) atoms. The summed E-state index contributed by atoms with van der Waals surface area (Å²) < 4.78 is 1.79. The number of benzene rings is 1. The van der Waals surface area contributed by atoms with Crippen molar-refractivity contribution in [2.24, 2.45) is 5.73 Å². The first-order valence-corrected chi connectivity index (χ1v) is 5.53. The molecule has 0 spiro atoms. The Bertz CT molecular complexity index is 492. The Morgan fingerprint density at radius 3 is 2.88 bits per heavy atom. The van der Waals surface area contributed by atoms with E-state index >= 15 is 0 Å². The lowest BCUT2D eigenvalue weighted by Gasteiger charge is -2.05. The summed E-state index contributed by atoms with van der Waals surface area (Å²) in [7, 11) is 0. The SMILES string of the molecule is CCc1c(CN)nnn1-c1cccc(Cl)c1. The Balaban J connectivity index is 2.51. The van der Waals surface area contributed by atoms with Crippen LogP contribution in [0.4, 0.5) is 0 Å². The van der Waals surface area contributed by atoms with Crippen molar-refractivity contribution < 1.29 is 0 Å². The molecule has 0 atom stereocenters. The standard InChI is InChI=1S/C11H13ClN4/c1-2-11-10(7-13)14-15-16(11)9-5-3-4-8(12)6-9/h3-6H,2,7,13H2,1H3. The van der Waals surface area contributed by atoms with Crippen LogP contribution < -0.4 is 5.73 Å². The van der Waals surface area contributed by atoms with Crippen molar-refractivity contribution in [3.05, 3.63) is 40.7 Å². The molecule has 2 rings (SSSR count). The molecule has 0 bridgehead atoms. The van der Waals surface area contributed by atoms with E-state index in [1.165, 1.54) is 0 Å². The van der Waals surface area contributed by atoms with Gasteiger partial charge in [0.2, 0.25) is 0 Å².